The molecule has 2 rings (SSSR count). The molecule has 2 N–H and O–H groups in total. The largest absolute Gasteiger partial charge is 0.383 e. The van der Waals surface area contributed by atoms with Crippen molar-refractivity contribution in [1.29, 1.82) is 0 Å². The van der Waals surface area contributed by atoms with Crippen LogP contribution in [-0.4, -0.2) is 9.38 Å². The van der Waals surface area contributed by atoms with E-state index < -0.39 is 0 Å². The molecule has 2 aromatic heterocycles. The molecule has 104 valence electrons. The van der Waals surface area contributed by atoms with Crippen LogP contribution in [0.3, 0.4) is 0 Å². The number of imidazole rings is 1. The summed E-state index contributed by atoms with van der Waals surface area (Å²) in [5.41, 5.74) is 7.71. The van der Waals surface area contributed by atoms with E-state index in [0.29, 0.717) is 21.5 Å². The van der Waals surface area contributed by atoms with Gasteiger partial charge in [-0.05, 0) is 18.9 Å². The molecule has 0 fully saturated rings. The van der Waals surface area contributed by atoms with Crippen molar-refractivity contribution in [2.24, 2.45) is 0 Å². The summed E-state index contributed by atoms with van der Waals surface area (Å²) in [7, 11) is 0. The first-order valence-corrected chi connectivity index (χ1v) is 7.50. The van der Waals surface area contributed by atoms with Gasteiger partial charge in [0, 0.05) is 6.20 Å². The van der Waals surface area contributed by atoms with E-state index in [0.717, 1.165) is 18.5 Å². The lowest BCUT2D eigenvalue weighted by molar-refractivity contribution is 0.629. The third-order valence-corrected chi connectivity index (χ3v) is 3.76. The van der Waals surface area contributed by atoms with Gasteiger partial charge in [-0.1, -0.05) is 55.8 Å². The lowest BCUT2D eigenvalue weighted by Gasteiger charge is -2.00. The quantitative estimate of drug-likeness (QED) is 0.783. The lowest BCUT2D eigenvalue weighted by atomic mass is 10.1. The molecule has 0 amide bonds. The van der Waals surface area contributed by atoms with Crippen molar-refractivity contribution >= 4 is 34.7 Å². The van der Waals surface area contributed by atoms with Gasteiger partial charge in [0.25, 0.3) is 0 Å². The highest BCUT2D eigenvalue weighted by Crippen LogP contribution is 2.26. The van der Waals surface area contributed by atoms with E-state index in [9.17, 15) is 0 Å². The molecule has 2 aromatic rings. The fourth-order valence-corrected chi connectivity index (χ4v) is 2.73. The van der Waals surface area contributed by atoms with Gasteiger partial charge in [-0.2, -0.15) is 0 Å². The average molecular weight is 300 g/mol. The van der Waals surface area contributed by atoms with Gasteiger partial charge in [0.1, 0.15) is 5.82 Å². The van der Waals surface area contributed by atoms with Crippen molar-refractivity contribution in [2.75, 3.05) is 5.73 Å². The van der Waals surface area contributed by atoms with Crippen molar-refractivity contribution in [3.63, 3.8) is 0 Å². The standard InChI is InChI=1S/C14H19Cl2N3/c1-2-3-4-5-6-7-12-13(17)19-9-10(15)8-11(16)14(19)18-12/h8-9H,2-7,17H2,1H3. The maximum absolute atomic E-state index is 6.13. The third kappa shape index (κ3) is 3.34. The van der Waals surface area contributed by atoms with E-state index in [1.807, 2.05) is 0 Å². The van der Waals surface area contributed by atoms with E-state index in [1.165, 1.54) is 25.7 Å². The molecule has 0 saturated heterocycles. The number of unbranched alkanes of at least 4 members (excludes halogenated alkanes) is 4. The molecule has 19 heavy (non-hydrogen) atoms. The number of anilines is 1. The predicted molar refractivity (Wildman–Crippen MR) is 82.1 cm³/mol. The van der Waals surface area contributed by atoms with Gasteiger partial charge in [-0.25, -0.2) is 4.98 Å². The average Bonchev–Trinajstić information content (AvgIpc) is 2.68. The lowest BCUT2D eigenvalue weighted by Crippen LogP contribution is -1.97. The van der Waals surface area contributed by atoms with Crippen LogP contribution in [0, 0.1) is 0 Å². The van der Waals surface area contributed by atoms with Crippen LogP contribution in [0.2, 0.25) is 10.0 Å². The van der Waals surface area contributed by atoms with E-state index in [2.05, 4.69) is 11.9 Å². The van der Waals surface area contributed by atoms with Gasteiger partial charge < -0.3 is 5.73 Å². The number of hydrogen-bond donors (Lipinski definition) is 1. The SMILES string of the molecule is CCCCCCCc1nc2c(Cl)cc(Cl)cn2c1N. The summed E-state index contributed by atoms with van der Waals surface area (Å²) >= 11 is 12.1. The minimum atomic E-state index is 0.538. The Morgan fingerprint density at radius 1 is 1.21 bits per heavy atom. The van der Waals surface area contributed by atoms with Gasteiger partial charge in [0.05, 0.1) is 15.7 Å². The van der Waals surface area contributed by atoms with Gasteiger partial charge in [-0.15, -0.1) is 0 Å². The number of aromatic nitrogens is 2. The zero-order chi connectivity index (χ0) is 13.8. The zero-order valence-corrected chi connectivity index (χ0v) is 12.6. The number of pyridine rings is 1. The first-order chi connectivity index (χ1) is 9.13. The highest BCUT2D eigenvalue weighted by atomic mass is 35.5. The summed E-state index contributed by atoms with van der Waals surface area (Å²) in [6, 6.07) is 1.69. The third-order valence-electron chi connectivity index (χ3n) is 3.27. The molecule has 0 spiro atoms. The fraction of sp³-hybridized carbons (Fsp3) is 0.500. The molecule has 0 radical (unpaired) electrons. The van der Waals surface area contributed by atoms with Crippen LogP contribution in [-0.2, 0) is 6.42 Å². The number of nitrogen functional groups attached to an aromatic ring is 1. The molecule has 0 bridgehead atoms. The molecule has 3 nitrogen and oxygen atoms in total. The van der Waals surface area contributed by atoms with Gasteiger partial charge >= 0.3 is 0 Å². The van der Waals surface area contributed by atoms with Crippen molar-refractivity contribution in [2.45, 2.75) is 45.4 Å². The van der Waals surface area contributed by atoms with Crippen LogP contribution in [0.15, 0.2) is 12.3 Å². The number of rotatable bonds is 6. The molecule has 0 unspecified atom stereocenters. The van der Waals surface area contributed by atoms with E-state index in [1.54, 1.807) is 16.7 Å². The number of hydrogen-bond acceptors (Lipinski definition) is 2. The normalized spacial score (nSPS) is 11.3. The molecule has 5 heteroatoms. The molecule has 0 aliphatic carbocycles. The van der Waals surface area contributed by atoms with Crippen LogP contribution in [0.4, 0.5) is 5.82 Å². The second kappa shape index (κ2) is 6.49. The number of fused-ring (bicyclic) bond motifs is 1. The molecule has 0 saturated carbocycles. The first-order valence-electron chi connectivity index (χ1n) is 6.75. The minimum absolute atomic E-state index is 0.538. The van der Waals surface area contributed by atoms with Crippen LogP contribution in [0.5, 0.6) is 0 Å². The molecule has 0 aliphatic heterocycles. The summed E-state index contributed by atoms with van der Waals surface area (Å²) in [5.74, 6) is 0.648. The highest BCUT2D eigenvalue weighted by molar-refractivity contribution is 6.36. The maximum Gasteiger partial charge on any atom is 0.157 e. The Labute approximate surface area is 123 Å². The van der Waals surface area contributed by atoms with E-state index in [4.69, 9.17) is 28.9 Å². The van der Waals surface area contributed by atoms with Crippen LogP contribution >= 0.6 is 23.2 Å². The van der Waals surface area contributed by atoms with Crippen LogP contribution in [0.1, 0.15) is 44.7 Å². The number of nitrogens with two attached hydrogens (primary N) is 1. The summed E-state index contributed by atoms with van der Waals surface area (Å²) < 4.78 is 1.77. The van der Waals surface area contributed by atoms with Gasteiger partial charge in [-0.3, -0.25) is 4.40 Å². The Morgan fingerprint density at radius 2 is 1.95 bits per heavy atom. The first kappa shape index (κ1) is 14.5. The monoisotopic (exact) mass is 299 g/mol. The second-order valence-corrected chi connectivity index (χ2v) is 5.65. The maximum atomic E-state index is 6.13. The van der Waals surface area contributed by atoms with E-state index >= 15 is 0 Å². The summed E-state index contributed by atoms with van der Waals surface area (Å²) in [6.07, 6.45) is 8.80. The fourth-order valence-electron chi connectivity index (χ4n) is 2.22. The minimum Gasteiger partial charge on any atom is -0.383 e. The number of halogens is 2. The van der Waals surface area contributed by atoms with Crippen molar-refractivity contribution < 1.29 is 0 Å². The molecule has 0 aromatic carbocycles. The summed E-state index contributed by atoms with van der Waals surface area (Å²) in [6.45, 7) is 2.21. The Hall–Kier alpha value is -0.930. The van der Waals surface area contributed by atoms with Crippen molar-refractivity contribution in [3.05, 3.63) is 28.0 Å². The summed E-state index contributed by atoms with van der Waals surface area (Å²) in [4.78, 5) is 4.52. The topological polar surface area (TPSA) is 43.3 Å². The van der Waals surface area contributed by atoms with Crippen LogP contribution in [0.25, 0.3) is 5.65 Å². The molecule has 2 heterocycles. The molecular weight excluding hydrogens is 281 g/mol. The van der Waals surface area contributed by atoms with Crippen LogP contribution < -0.4 is 5.73 Å². The summed E-state index contributed by atoms with van der Waals surface area (Å²) in [5, 5.41) is 1.10. The Morgan fingerprint density at radius 3 is 2.68 bits per heavy atom. The Balaban J connectivity index is 2.11. The molecule has 0 aliphatic rings. The highest BCUT2D eigenvalue weighted by Gasteiger charge is 2.12. The molecule has 0 atom stereocenters. The van der Waals surface area contributed by atoms with Crippen molar-refractivity contribution in [3.8, 4) is 0 Å². The van der Waals surface area contributed by atoms with Gasteiger partial charge in [0.15, 0.2) is 5.65 Å². The predicted octanol–water partition coefficient (Wildman–Crippen LogP) is 4.74. The smallest absolute Gasteiger partial charge is 0.157 e. The molecular formula is C14H19Cl2N3. The van der Waals surface area contributed by atoms with Gasteiger partial charge in [0.2, 0.25) is 0 Å². The Kier molecular flexibility index (Phi) is 4.94. The van der Waals surface area contributed by atoms with E-state index in [-0.39, 0.29) is 0 Å². The number of nitrogens with zero attached hydrogens (tertiary/aromatic N) is 2. The zero-order valence-electron chi connectivity index (χ0n) is 11.1. The second-order valence-electron chi connectivity index (χ2n) is 4.81. The van der Waals surface area contributed by atoms with Crippen molar-refractivity contribution in [1.82, 2.24) is 9.38 Å². The Bertz CT molecular complexity index is 563. The number of aryl methyl sites for hydroxylation is 1.